The van der Waals surface area contributed by atoms with Crippen molar-refractivity contribution in [1.29, 1.82) is 0 Å². The average molecular weight is 281 g/mol. The second-order valence-corrected chi connectivity index (χ2v) is 6.04. The summed E-state index contributed by atoms with van der Waals surface area (Å²) >= 11 is 1.60. The van der Waals surface area contributed by atoms with Crippen LogP contribution in [0.1, 0.15) is 31.7 Å². The topological polar surface area (TPSA) is 20.3 Å². The molecule has 4 heteroatoms. The molecule has 104 valence electrons. The number of halogens is 1. The fourth-order valence-electron chi connectivity index (χ4n) is 2.39. The maximum absolute atomic E-state index is 12.8. The minimum atomic E-state index is -0.216. The molecule has 0 saturated carbocycles. The number of carbonyl (C=O) groups is 1. The fourth-order valence-corrected chi connectivity index (χ4v) is 3.26. The Balaban J connectivity index is 1.75. The number of piperidine rings is 1. The molecular weight excluding hydrogens is 261 g/mol. The summed E-state index contributed by atoms with van der Waals surface area (Å²) in [5.41, 5.74) is 1.06. The zero-order valence-electron chi connectivity index (χ0n) is 11.3. The standard InChI is InChI=1S/C15H20FNOS/c1-12-4-2-3-9-17(12)15(18)11-19-10-13-5-7-14(16)8-6-13/h5-8,12H,2-4,9-11H2,1H3/t12-/m1/s1. The number of hydrogen-bond donors (Lipinski definition) is 0. The summed E-state index contributed by atoms with van der Waals surface area (Å²) in [6.45, 7) is 3.03. The minimum Gasteiger partial charge on any atom is -0.339 e. The van der Waals surface area contributed by atoms with Crippen molar-refractivity contribution in [3.05, 3.63) is 35.6 Å². The van der Waals surface area contributed by atoms with Gasteiger partial charge < -0.3 is 4.90 Å². The number of rotatable bonds is 4. The van der Waals surface area contributed by atoms with Gasteiger partial charge in [0.15, 0.2) is 0 Å². The van der Waals surface area contributed by atoms with Crippen LogP contribution < -0.4 is 0 Å². The molecule has 1 amide bonds. The van der Waals surface area contributed by atoms with Gasteiger partial charge in [0.05, 0.1) is 5.75 Å². The molecule has 0 bridgehead atoms. The fraction of sp³-hybridized carbons (Fsp3) is 0.533. The summed E-state index contributed by atoms with van der Waals surface area (Å²) < 4.78 is 12.8. The van der Waals surface area contributed by atoms with Crippen molar-refractivity contribution in [1.82, 2.24) is 4.90 Å². The predicted octanol–water partition coefficient (Wildman–Crippen LogP) is 3.46. The van der Waals surface area contributed by atoms with Crippen LogP contribution in [0.3, 0.4) is 0 Å². The minimum absolute atomic E-state index is 0.216. The first-order chi connectivity index (χ1) is 9.16. The molecule has 0 spiro atoms. The number of amides is 1. The molecule has 1 aromatic carbocycles. The molecule has 0 unspecified atom stereocenters. The Morgan fingerprint density at radius 1 is 1.37 bits per heavy atom. The first kappa shape index (κ1) is 14.4. The maximum Gasteiger partial charge on any atom is 0.232 e. The molecule has 0 N–H and O–H groups in total. The highest BCUT2D eigenvalue weighted by atomic mass is 32.2. The SMILES string of the molecule is C[C@@H]1CCCCN1C(=O)CSCc1ccc(F)cc1. The van der Waals surface area contributed by atoms with E-state index in [1.807, 2.05) is 4.90 Å². The maximum atomic E-state index is 12.8. The van der Waals surface area contributed by atoms with E-state index in [2.05, 4.69) is 6.92 Å². The molecule has 1 aromatic rings. The molecule has 0 aromatic heterocycles. The molecule has 2 rings (SSSR count). The molecule has 1 fully saturated rings. The van der Waals surface area contributed by atoms with Gasteiger partial charge in [0, 0.05) is 18.3 Å². The zero-order chi connectivity index (χ0) is 13.7. The van der Waals surface area contributed by atoms with E-state index >= 15 is 0 Å². The zero-order valence-corrected chi connectivity index (χ0v) is 12.1. The van der Waals surface area contributed by atoms with Gasteiger partial charge in [0.2, 0.25) is 5.91 Å². The van der Waals surface area contributed by atoms with Crippen molar-refractivity contribution >= 4 is 17.7 Å². The first-order valence-electron chi connectivity index (χ1n) is 6.78. The monoisotopic (exact) mass is 281 g/mol. The average Bonchev–Trinajstić information content (AvgIpc) is 2.41. The number of benzene rings is 1. The van der Waals surface area contributed by atoms with Crippen molar-refractivity contribution < 1.29 is 9.18 Å². The Hall–Kier alpha value is -1.03. The number of carbonyl (C=O) groups excluding carboxylic acids is 1. The van der Waals surface area contributed by atoms with E-state index in [4.69, 9.17) is 0 Å². The highest BCUT2D eigenvalue weighted by Crippen LogP contribution is 2.19. The van der Waals surface area contributed by atoms with Gasteiger partial charge in [-0.15, -0.1) is 11.8 Å². The van der Waals surface area contributed by atoms with E-state index in [0.717, 1.165) is 30.7 Å². The van der Waals surface area contributed by atoms with Crippen molar-refractivity contribution in [2.24, 2.45) is 0 Å². The van der Waals surface area contributed by atoms with E-state index in [0.29, 0.717) is 11.8 Å². The highest BCUT2D eigenvalue weighted by molar-refractivity contribution is 7.99. The van der Waals surface area contributed by atoms with Crippen molar-refractivity contribution in [3.8, 4) is 0 Å². The summed E-state index contributed by atoms with van der Waals surface area (Å²) in [7, 11) is 0. The van der Waals surface area contributed by atoms with Crippen LogP contribution in [-0.4, -0.2) is 29.1 Å². The van der Waals surface area contributed by atoms with Gasteiger partial charge in [-0.3, -0.25) is 4.79 Å². The van der Waals surface area contributed by atoms with Gasteiger partial charge >= 0.3 is 0 Å². The second kappa shape index (κ2) is 6.94. The molecule has 1 aliphatic heterocycles. The Bertz CT molecular complexity index is 421. The van der Waals surface area contributed by atoms with Crippen molar-refractivity contribution in [2.45, 2.75) is 38.0 Å². The third-order valence-corrected chi connectivity index (χ3v) is 4.52. The summed E-state index contributed by atoms with van der Waals surface area (Å²) in [6, 6.07) is 6.86. The predicted molar refractivity (Wildman–Crippen MR) is 77.6 cm³/mol. The molecule has 2 nitrogen and oxygen atoms in total. The molecule has 0 aliphatic carbocycles. The van der Waals surface area contributed by atoms with Crippen LogP contribution in [0, 0.1) is 5.82 Å². The van der Waals surface area contributed by atoms with Crippen molar-refractivity contribution in [2.75, 3.05) is 12.3 Å². The lowest BCUT2D eigenvalue weighted by Gasteiger charge is -2.33. The number of hydrogen-bond acceptors (Lipinski definition) is 2. The molecule has 0 radical (unpaired) electrons. The van der Waals surface area contributed by atoms with Crippen LogP contribution in [0.15, 0.2) is 24.3 Å². The third-order valence-electron chi connectivity index (χ3n) is 3.53. The van der Waals surface area contributed by atoms with Gasteiger partial charge in [-0.2, -0.15) is 0 Å². The smallest absolute Gasteiger partial charge is 0.232 e. The second-order valence-electron chi connectivity index (χ2n) is 5.05. The van der Waals surface area contributed by atoms with Crippen molar-refractivity contribution in [3.63, 3.8) is 0 Å². The van der Waals surface area contributed by atoms with Gasteiger partial charge in [0.1, 0.15) is 5.82 Å². The molecule has 1 aliphatic rings. The lowest BCUT2D eigenvalue weighted by Crippen LogP contribution is -2.42. The van der Waals surface area contributed by atoms with Crippen LogP contribution in [0.4, 0.5) is 4.39 Å². The van der Waals surface area contributed by atoms with Gasteiger partial charge in [-0.05, 0) is 43.9 Å². The lowest BCUT2D eigenvalue weighted by atomic mass is 10.0. The molecule has 19 heavy (non-hydrogen) atoms. The summed E-state index contributed by atoms with van der Waals surface area (Å²) in [5, 5.41) is 0. The molecular formula is C15H20FNOS. The van der Waals surface area contributed by atoms with Crippen LogP contribution in [0.5, 0.6) is 0 Å². The van der Waals surface area contributed by atoms with E-state index < -0.39 is 0 Å². The molecule has 1 heterocycles. The summed E-state index contributed by atoms with van der Waals surface area (Å²) in [5.74, 6) is 1.29. The molecule has 1 saturated heterocycles. The largest absolute Gasteiger partial charge is 0.339 e. The van der Waals surface area contributed by atoms with Crippen LogP contribution >= 0.6 is 11.8 Å². The normalized spacial score (nSPS) is 19.5. The van der Waals surface area contributed by atoms with Crippen LogP contribution in [0.25, 0.3) is 0 Å². The van der Waals surface area contributed by atoms with Gasteiger partial charge in [0.25, 0.3) is 0 Å². The van der Waals surface area contributed by atoms with Crippen LogP contribution in [-0.2, 0) is 10.5 Å². The Morgan fingerprint density at radius 3 is 2.79 bits per heavy atom. The first-order valence-corrected chi connectivity index (χ1v) is 7.94. The summed E-state index contributed by atoms with van der Waals surface area (Å²) in [4.78, 5) is 14.1. The lowest BCUT2D eigenvalue weighted by molar-refractivity contribution is -0.131. The van der Waals surface area contributed by atoms with E-state index in [1.165, 1.54) is 18.6 Å². The number of likely N-dealkylation sites (tertiary alicyclic amines) is 1. The van der Waals surface area contributed by atoms with Crippen LogP contribution in [0.2, 0.25) is 0 Å². The highest BCUT2D eigenvalue weighted by Gasteiger charge is 2.22. The third kappa shape index (κ3) is 4.23. The van der Waals surface area contributed by atoms with E-state index in [1.54, 1.807) is 23.9 Å². The molecule has 1 atom stereocenters. The Morgan fingerprint density at radius 2 is 2.11 bits per heavy atom. The van der Waals surface area contributed by atoms with Gasteiger partial charge in [-0.1, -0.05) is 12.1 Å². The quantitative estimate of drug-likeness (QED) is 0.842. The number of thioether (sulfide) groups is 1. The van der Waals surface area contributed by atoms with Gasteiger partial charge in [-0.25, -0.2) is 4.39 Å². The van der Waals surface area contributed by atoms with E-state index in [-0.39, 0.29) is 11.7 Å². The summed E-state index contributed by atoms with van der Waals surface area (Å²) in [6.07, 6.45) is 3.47. The Labute approximate surface area is 118 Å². The Kier molecular flexibility index (Phi) is 5.25. The number of nitrogens with zero attached hydrogens (tertiary/aromatic N) is 1. The van der Waals surface area contributed by atoms with E-state index in [9.17, 15) is 9.18 Å².